The molecule has 3 rings (SSSR count). The number of nitrogens with zero attached hydrogens (tertiary/aromatic N) is 1. The lowest BCUT2D eigenvalue weighted by Crippen LogP contribution is -2.18. The van der Waals surface area contributed by atoms with Crippen LogP contribution in [0, 0.1) is 11.6 Å². The van der Waals surface area contributed by atoms with E-state index >= 15 is 0 Å². The van der Waals surface area contributed by atoms with Crippen molar-refractivity contribution in [1.82, 2.24) is 4.98 Å². The Morgan fingerprint density at radius 1 is 1.29 bits per heavy atom. The van der Waals surface area contributed by atoms with Crippen molar-refractivity contribution in [3.05, 3.63) is 40.9 Å². The highest BCUT2D eigenvalue weighted by Gasteiger charge is 2.42. The molecule has 0 unspecified atom stereocenters. The van der Waals surface area contributed by atoms with Crippen molar-refractivity contribution in [2.45, 2.75) is 18.4 Å². The fourth-order valence-electron chi connectivity index (χ4n) is 1.68. The van der Waals surface area contributed by atoms with Crippen molar-refractivity contribution in [3.63, 3.8) is 0 Å². The number of thiazole rings is 1. The molecular weight excluding hydrogens is 242 g/mol. The topological polar surface area (TPSA) is 38.9 Å². The van der Waals surface area contributed by atoms with E-state index < -0.39 is 11.6 Å². The molecular formula is C12H10F2N2S. The van der Waals surface area contributed by atoms with Gasteiger partial charge in [0.2, 0.25) is 0 Å². The number of rotatable bonds is 2. The van der Waals surface area contributed by atoms with Gasteiger partial charge in [0.1, 0.15) is 16.6 Å². The number of aromatic nitrogens is 1. The monoisotopic (exact) mass is 252 g/mol. The van der Waals surface area contributed by atoms with Gasteiger partial charge in [-0.1, -0.05) is 0 Å². The lowest BCUT2D eigenvalue weighted by molar-refractivity contribution is 0.585. The molecule has 1 aromatic heterocycles. The Morgan fingerprint density at radius 3 is 2.71 bits per heavy atom. The summed E-state index contributed by atoms with van der Waals surface area (Å²) in [6, 6.07) is 3.50. The average molecular weight is 252 g/mol. The van der Waals surface area contributed by atoms with Gasteiger partial charge in [-0.2, -0.15) is 0 Å². The molecule has 0 radical (unpaired) electrons. The van der Waals surface area contributed by atoms with E-state index in [2.05, 4.69) is 4.98 Å². The molecule has 1 heterocycles. The van der Waals surface area contributed by atoms with Gasteiger partial charge in [0.25, 0.3) is 0 Å². The predicted octanol–water partition coefficient (Wildman–Crippen LogP) is 3.04. The fraction of sp³-hybridized carbons (Fsp3) is 0.250. The summed E-state index contributed by atoms with van der Waals surface area (Å²) in [5.74, 6) is -1.17. The minimum Gasteiger partial charge on any atom is -0.320 e. The molecule has 0 amide bonds. The van der Waals surface area contributed by atoms with Crippen molar-refractivity contribution < 1.29 is 8.78 Å². The maximum Gasteiger partial charge on any atom is 0.136 e. The Morgan fingerprint density at radius 2 is 2.06 bits per heavy atom. The standard InChI is InChI=1S/C12H10F2N2S/c13-7-1-2-8(9(14)5-7)11-16-10(6-17-11)12(15)3-4-12/h1-2,5-6H,3-4,15H2. The van der Waals surface area contributed by atoms with E-state index in [9.17, 15) is 8.78 Å². The van der Waals surface area contributed by atoms with Crippen LogP contribution >= 0.6 is 11.3 Å². The largest absolute Gasteiger partial charge is 0.320 e. The predicted molar refractivity (Wildman–Crippen MR) is 62.6 cm³/mol. The van der Waals surface area contributed by atoms with E-state index in [1.165, 1.54) is 23.5 Å². The zero-order valence-electron chi connectivity index (χ0n) is 8.91. The molecule has 5 heteroatoms. The molecule has 1 aliphatic carbocycles. The first kappa shape index (κ1) is 10.8. The van der Waals surface area contributed by atoms with Crippen LogP contribution in [0.15, 0.2) is 23.6 Å². The Kier molecular flexibility index (Phi) is 2.27. The molecule has 1 aliphatic rings. The van der Waals surface area contributed by atoms with Crippen LogP contribution in [0.25, 0.3) is 10.6 Å². The molecule has 0 saturated heterocycles. The Bertz CT molecular complexity index is 576. The zero-order chi connectivity index (χ0) is 12.0. The summed E-state index contributed by atoms with van der Waals surface area (Å²) in [5.41, 5.74) is 6.83. The van der Waals surface area contributed by atoms with Crippen molar-refractivity contribution >= 4 is 11.3 Å². The Labute approximate surface area is 101 Å². The van der Waals surface area contributed by atoms with Gasteiger partial charge < -0.3 is 5.73 Å². The molecule has 0 atom stereocenters. The number of hydrogen-bond donors (Lipinski definition) is 1. The summed E-state index contributed by atoms with van der Waals surface area (Å²) in [5, 5.41) is 2.40. The first-order valence-corrected chi connectivity index (χ1v) is 6.17. The summed E-state index contributed by atoms with van der Waals surface area (Å²) < 4.78 is 26.3. The molecule has 0 bridgehead atoms. The molecule has 1 saturated carbocycles. The number of halogens is 2. The number of nitrogens with two attached hydrogens (primary N) is 1. The normalized spacial score (nSPS) is 17.1. The lowest BCUT2D eigenvalue weighted by Gasteiger charge is -2.02. The number of benzene rings is 1. The van der Waals surface area contributed by atoms with Crippen LogP contribution in [0.5, 0.6) is 0 Å². The minimum atomic E-state index is -0.590. The van der Waals surface area contributed by atoms with Crippen molar-refractivity contribution in [2.24, 2.45) is 5.73 Å². The Hall–Kier alpha value is -1.33. The smallest absolute Gasteiger partial charge is 0.136 e. The third-order valence-corrected chi connectivity index (χ3v) is 3.84. The van der Waals surface area contributed by atoms with Crippen molar-refractivity contribution in [3.8, 4) is 10.6 Å². The van der Waals surface area contributed by atoms with E-state index in [4.69, 9.17) is 5.73 Å². The summed E-state index contributed by atoms with van der Waals surface area (Å²) in [4.78, 5) is 4.34. The quantitative estimate of drug-likeness (QED) is 0.892. The Balaban J connectivity index is 2.01. The summed E-state index contributed by atoms with van der Waals surface area (Å²) >= 11 is 1.34. The molecule has 2 aromatic rings. The van der Waals surface area contributed by atoms with Gasteiger partial charge in [0, 0.05) is 17.0 Å². The second-order valence-electron chi connectivity index (χ2n) is 4.32. The van der Waals surface area contributed by atoms with E-state index in [0.717, 1.165) is 24.6 Å². The van der Waals surface area contributed by atoms with Gasteiger partial charge in [0.15, 0.2) is 0 Å². The van der Waals surface area contributed by atoms with Gasteiger partial charge >= 0.3 is 0 Å². The molecule has 0 aliphatic heterocycles. The van der Waals surface area contributed by atoms with E-state index in [0.29, 0.717) is 10.6 Å². The van der Waals surface area contributed by atoms with Crippen LogP contribution in [0.2, 0.25) is 0 Å². The maximum absolute atomic E-state index is 13.6. The summed E-state index contributed by atoms with van der Waals surface area (Å²) in [6.07, 6.45) is 1.84. The summed E-state index contributed by atoms with van der Waals surface area (Å²) in [7, 11) is 0. The molecule has 88 valence electrons. The average Bonchev–Trinajstić information content (AvgIpc) is 2.85. The number of hydrogen-bond acceptors (Lipinski definition) is 3. The second kappa shape index (κ2) is 3.58. The van der Waals surface area contributed by atoms with Crippen LogP contribution in [0.3, 0.4) is 0 Å². The van der Waals surface area contributed by atoms with Gasteiger partial charge in [-0.3, -0.25) is 0 Å². The summed E-state index contributed by atoms with van der Waals surface area (Å²) in [6.45, 7) is 0. The van der Waals surface area contributed by atoms with Gasteiger partial charge in [-0.05, 0) is 25.0 Å². The van der Waals surface area contributed by atoms with E-state index in [1.807, 2.05) is 5.38 Å². The van der Waals surface area contributed by atoms with Crippen LogP contribution in [-0.2, 0) is 5.54 Å². The second-order valence-corrected chi connectivity index (χ2v) is 5.18. The van der Waals surface area contributed by atoms with Crippen molar-refractivity contribution in [2.75, 3.05) is 0 Å². The third-order valence-electron chi connectivity index (χ3n) is 2.96. The SMILES string of the molecule is NC1(c2csc(-c3ccc(F)cc3F)n2)CC1. The van der Waals surface area contributed by atoms with Crippen LogP contribution < -0.4 is 5.73 Å². The molecule has 2 N–H and O–H groups in total. The van der Waals surface area contributed by atoms with Gasteiger partial charge in [-0.15, -0.1) is 11.3 Å². The maximum atomic E-state index is 13.6. The molecule has 1 fully saturated rings. The van der Waals surface area contributed by atoms with Crippen molar-refractivity contribution in [1.29, 1.82) is 0 Å². The minimum absolute atomic E-state index is 0.314. The first-order valence-electron chi connectivity index (χ1n) is 5.29. The highest BCUT2D eigenvalue weighted by molar-refractivity contribution is 7.13. The highest BCUT2D eigenvalue weighted by Crippen LogP contribution is 2.43. The molecule has 0 spiro atoms. The van der Waals surface area contributed by atoms with E-state index in [1.54, 1.807) is 0 Å². The van der Waals surface area contributed by atoms with Crippen LogP contribution in [0.4, 0.5) is 8.78 Å². The highest BCUT2D eigenvalue weighted by atomic mass is 32.1. The molecule has 17 heavy (non-hydrogen) atoms. The van der Waals surface area contributed by atoms with Gasteiger partial charge in [0.05, 0.1) is 11.2 Å². The van der Waals surface area contributed by atoms with Gasteiger partial charge in [-0.25, -0.2) is 13.8 Å². The van der Waals surface area contributed by atoms with Crippen LogP contribution in [0.1, 0.15) is 18.5 Å². The van der Waals surface area contributed by atoms with E-state index in [-0.39, 0.29) is 5.54 Å². The third kappa shape index (κ3) is 1.85. The zero-order valence-corrected chi connectivity index (χ0v) is 9.73. The lowest BCUT2D eigenvalue weighted by atomic mass is 10.2. The molecule has 1 aromatic carbocycles. The molecule has 2 nitrogen and oxygen atoms in total. The fourth-order valence-corrected chi connectivity index (χ4v) is 2.63. The first-order chi connectivity index (χ1) is 8.08. The van der Waals surface area contributed by atoms with Crippen LogP contribution in [-0.4, -0.2) is 4.98 Å².